The van der Waals surface area contributed by atoms with Crippen LogP contribution in [0.1, 0.15) is 37.6 Å². The van der Waals surface area contributed by atoms with Gasteiger partial charge in [-0.25, -0.2) is 8.42 Å². The third-order valence-electron chi connectivity index (χ3n) is 3.91. The maximum absolute atomic E-state index is 12.8. The molecule has 1 fully saturated rings. The van der Waals surface area contributed by atoms with Crippen LogP contribution in [-0.4, -0.2) is 42.1 Å². The van der Waals surface area contributed by atoms with Gasteiger partial charge in [-0.2, -0.15) is 16.1 Å². The van der Waals surface area contributed by atoms with Crippen LogP contribution >= 0.6 is 11.8 Å². The molecule has 0 bridgehead atoms. The number of thioether (sulfide) groups is 1. The minimum atomic E-state index is -3.54. The van der Waals surface area contributed by atoms with Gasteiger partial charge in [0.15, 0.2) is 5.78 Å². The molecule has 4 nitrogen and oxygen atoms in total. The number of carbonyl (C=O) groups is 1. The van der Waals surface area contributed by atoms with Gasteiger partial charge in [-0.15, -0.1) is 0 Å². The number of carbonyl (C=O) groups excluding carboxylic acids is 1. The summed E-state index contributed by atoms with van der Waals surface area (Å²) >= 11 is 1.79. The molecule has 0 aromatic heterocycles. The number of sulfonamides is 1. The smallest absolute Gasteiger partial charge is 0.243 e. The second-order valence-corrected chi connectivity index (χ2v) is 8.61. The van der Waals surface area contributed by atoms with Crippen molar-refractivity contribution in [1.29, 1.82) is 0 Å². The summed E-state index contributed by atoms with van der Waals surface area (Å²) in [6, 6.07) is 6.34. The Kier molecular flexibility index (Phi) is 5.11. The summed E-state index contributed by atoms with van der Waals surface area (Å²) in [5.41, 5.74) is 0.464. The second kappa shape index (κ2) is 6.50. The van der Waals surface area contributed by atoms with E-state index in [4.69, 9.17) is 0 Å². The highest BCUT2D eigenvalue weighted by Gasteiger charge is 2.35. The summed E-state index contributed by atoms with van der Waals surface area (Å²) in [6.07, 6.45) is 0.372. The summed E-state index contributed by atoms with van der Waals surface area (Å²) < 4.78 is 27.2. The third-order valence-corrected chi connectivity index (χ3v) is 7.23. The van der Waals surface area contributed by atoms with E-state index in [9.17, 15) is 13.2 Å². The monoisotopic (exact) mass is 327 g/mol. The van der Waals surface area contributed by atoms with Crippen molar-refractivity contribution in [2.45, 2.75) is 43.4 Å². The summed E-state index contributed by atoms with van der Waals surface area (Å²) in [5.74, 6) is 0.765. The Morgan fingerprint density at radius 2 is 2.10 bits per heavy atom. The molecule has 0 N–H and O–H groups in total. The molecule has 1 aliphatic rings. The first-order valence-electron chi connectivity index (χ1n) is 7.14. The van der Waals surface area contributed by atoms with Crippen molar-refractivity contribution < 1.29 is 13.2 Å². The molecule has 1 aliphatic heterocycles. The summed E-state index contributed by atoms with van der Waals surface area (Å²) in [4.78, 5) is 12.0. The van der Waals surface area contributed by atoms with Gasteiger partial charge in [0.05, 0.1) is 4.90 Å². The van der Waals surface area contributed by atoms with Crippen molar-refractivity contribution in [3.8, 4) is 0 Å². The molecule has 6 heteroatoms. The molecular formula is C15H21NO3S2. The number of ketones is 1. The summed E-state index contributed by atoms with van der Waals surface area (Å²) in [7, 11) is -3.54. The van der Waals surface area contributed by atoms with Crippen LogP contribution in [0.25, 0.3) is 0 Å². The number of hydrogen-bond donors (Lipinski definition) is 0. The Morgan fingerprint density at radius 1 is 1.38 bits per heavy atom. The van der Waals surface area contributed by atoms with E-state index in [1.54, 1.807) is 41.2 Å². The SMILES string of the molecule is CCC(=O)c1cccc(S(=O)(=O)N2CCSC(C)C2C)c1. The molecule has 0 spiro atoms. The number of benzene rings is 1. The van der Waals surface area contributed by atoms with Gasteiger partial charge in [0.1, 0.15) is 0 Å². The minimum Gasteiger partial charge on any atom is -0.294 e. The van der Waals surface area contributed by atoms with E-state index in [0.717, 1.165) is 5.75 Å². The molecule has 0 saturated carbocycles. The zero-order valence-corrected chi connectivity index (χ0v) is 14.2. The van der Waals surface area contributed by atoms with Crippen molar-refractivity contribution >= 4 is 27.6 Å². The first kappa shape index (κ1) is 16.5. The Bertz CT molecular complexity index is 628. The molecule has 116 valence electrons. The molecular weight excluding hydrogens is 306 g/mol. The molecule has 21 heavy (non-hydrogen) atoms. The van der Waals surface area contributed by atoms with Crippen molar-refractivity contribution in [3.63, 3.8) is 0 Å². The predicted octanol–water partition coefficient (Wildman–Crippen LogP) is 2.79. The van der Waals surface area contributed by atoms with Gasteiger partial charge in [-0.1, -0.05) is 26.0 Å². The minimum absolute atomic E-state index is 0.0392. The maximum Gasteiger partial charge on any atom is 0.243 e. The Balaban J connectivity index is 2.37. The van der Waals surface area contributed by atoms with Gasteiger partial charge in [0.2, 0.25) is 10.0 Å². The van der Waals surface area contributed by atoms with Gasteiger partial charge in [0, 0.05) is 35.6 Å². The van der Waals surface area contributed by atoms with Gasteiger partial charge in [-0.3, -0.25) is 4.79 Å². The van der Waals surface area contributed by atoms with E-state index in [2.05, 4.69) is 0 Å². The topological polar surface area (TPSA) is 54.5 Å². The van der Waals surface area contributed by atoms with E-state index in [1.165, 1.54) is 6.07 Å². The quantitative estimate of drug-likeness (QED) is 0.798. The molecule has 1 aromatic rings. The molecule has 1 aromatic carbocycles. The fourth-order valence-electron chi connectivity index (χ4n) is 2.41. The molecule has 0 aliphatic carbocycles. The van der Waals surface area contributed by atoms with E-state index in [0.29, 0.717) is 18.5 Å². The zero-order valence-electron chi connectivity index (χ0n) is 12.6. The number of nitrogens with zero attached hydrogens (tertiary/aromatic N) is 1. The number of Topliss-reactive ketones (excluding diaryl/α,β-unsaturated/α-hetero) is 1. The van der Waals surface area contributed by atoms with E-state index < -0.39 is 10.0 Å². The summed E-state index contributed by atoms with van der Waals surface area (Å²) in [5, 5.41) is 0.272. The fraction of sp³-hybridized carbons (Fsp3) is 0.533. The normalized spacial score (nSPS) is 24.0. The Morgan fingerprint density at radius 3 is 2.76 bits per heavy atom. The standard InChI is InChI=1S/C15H21NO3S2/c1-4-15(17)13-6-5-7-14(10-13)21(18,19)16-8-9-20-12(3)11(16)2/h5-7,10-12H,4,8-9H2,1-3H3. The molecule has 0 radical (unpaired) electrons. The maximum atomic E-state index is 12.8. The molecule has 2 rings (SSSR count). The first-order chi connectivity index (χ1) is 9.87. The molecule has 0 amide bonds. The zero-order chi connectivity index (χ0) is 15.6. The van der Waals surface area contributed by atoms with Crippen molar-refractivity contribution in [2.24, 2.45) is 0 Å². The highest BCUT2D eigenvalue weighted by molar-refractivity contribution is 8.00. The van der Waals surface area contributed by atoms with Crippen LogP contribution in [0.3, 0.4) is 0 Å². The predicted molar refractivity (Wildman–Crippen MR) is 86.3 cm³/mol. The summed E-state index contributed by atoms with van der Waals surface area (Å²) in [6.45, 7) is 6.28. The van der Waals surface area contributed by atoms with Crippen LogP contribution in [0.5, 0.6) is 0 Å². The van der Waals surface area contributed by atoms with Gasteiger partial charge < -0.3 is 0 Å². The third kappa shape index (κ3) is 3.33. The fourth-order valence-corrected chi connectivity index (χ4v) is 5.46. The van der Waals surface area contributed by atoms with Crippen molar-refractivity contribution in [1.82, 2.24) is 4.31 Å². The average Bonchev–Trinajstić information content (AvgIpc) is 2.49. The van der Waals surface area contributed by atoms with E-state index >= 15 is 0 Å². The van der Waals surface area contributed by atoms with Crippen molar-refractivity contribution in [2.75, 3.05) is 12.3 Å². The number of rotatable bonds is 4. The molecule has 1 heterocycles. The van der Waals surface area contributed by atoms with Crippen LogP contribution in [0, 0.1) is 0 Å². The van der Waals surface area contributed by atoms with Gasteiger partial charge in [0.25, 0.3) is 0 Å². The van der Waals surface area contributed by atoms with Crippen LogP contribution < -0.4 is 0 Å². The lowest BCUT2D eigenvalue weighted by Gasteiger charge is -2.36. The first-order valence-corrected chi connectivity index (χ1v) is 9.63. The van der Waals surface area contributed by atoms with Crippen LogP contribution in [-0.2, 0) is 10.0 Å². The lowest BCUT2D eigenvalue weighted by atomic mass is 10.1. The average molecular weight is 327 g/mol. The Hall–Kier alpha value is -0.850. The molecule has 2 atom stereocenters. The van der Waals surface area contributed by atoms with Gasteiger partial charge >= 0.3 is 0 Å². The molecule has 2 unspecified atom stereocenters. The van der Waals surface area contributed by atoms with Crippen molar-refractivity contribution in [3.05, 3.63) is 29.8 Å². The highest BCUT2D eigenvalue weighted by Crippen LogP contribution is 2.29. The lowest BCUT2D eigenvalue weighted by Crippen LogP contribution is -2.47. The van der Waals surface area contributed by atoms with Crippen LogP contribution in [0.2, 0.25) is 0 Å². The highest BCUT2D eigenvalue weighted by atomic mass is 32.2. The van der Waals surface area contributed by atoms with E-state index in [-0.39, 0.29) is 22.0 Å². The largest absolute Gasteiger partial charge is 0.294 e. The number of hydrogen-bond acceptors (Lipinski definition) is 4. The molecule has 1 saturated heterocycles. The Labute approximate surface area is 131 Å². The van der Waals surface area contributed by atoms with Gasteiger partial charge in [-0.05, 0) is 19.1 Å². The van der Waals surface area contributed by atoms with E-state index in [1.807, 2.05) is 13.8 Å². The lowest BCUT2D eigenvalue weighted by molar-refractivity contribution is 0.0988. The van der Waals surface area contributed by atoms with Crippen LogP contribution in [0.15, 0.2) is 29.2 Å². The second-order valence-electron chi connectivity index (χ2n) is 5.24. The van der Waals surface area contributed by atoms with Crippen LogP contribution in [0.4, 0.5) is 0 Å².